The minimum absolute atomic E-state index is 0.0426. The van der Waals surface area contributed by atoms with E-state index in [9.17, 15) is 9.59 Å². The third-order valence-electron chi connectivity index (χ3n) is 5.81. The van der Waals surface area contributed by atoms with Crippen molar-refractivity contribution in [3.8, 4) is 22.6 Å². The van der Waals surface area contributed by atoms with Gasteiger partial charge in [0, 0.05) is 10.9 Å². The highest BCUT2D eigenvalue weighted by molar-refractivity contribution is 7.99. The van der Waals surface area contributed by atoms with Crippen LogP contribution >= 0.6 is 23.1 Å². The van der Waals surface area contributed by atoms with Crippen LogP contribution in [0.4, 0.5) is 0 Å². The number of hydrogen-bond acceptors (Lipinski definition) is 7. The Balaban J connectivity index is 1.42. The lowest BCUT2D eigenvalue weighted by Crippen LogP contribution is -2.24. The number of thiophene rings is 1. The summed E-state index contributed by atoms with van der Waals surface area (Å²) in [6.07, 6.45) is 1.56. The fraction of sp³-hybridized carbons (Fsp3) is 0.103. The van der Waals surface area contributed by atoms with Crippen molar-refractivity contribution in [1.82, 2.24) is 15.0 Å². The molecule has 0 bridgehead atoms. The maximum absolute atomic E-state index is 13.9. The molecule has 0 aliphatic carbocycles. The van der Waals surface area contributed by atoms with Gasteiger partial charge in [-0.1, -0.05) is 59.8 Å². The molecular formula is C29H24N4O3S2. The summed E-state index contributed by atoms with van der Waals surface area (Å²) in [5.74, 6) is 0.481. The molecule has 0 aliphatic rings. The standard InChI is InChI=1S/C29H24N4O3S2/c1-19-8-12-21(13-9-19)24-17-37-27-26(24)28(35)33(22-6-4-3-5-7-22)29(31-27)38-18-25(34)32-30-16-20-10-14-23(36-2)15-11-20/h3-17H,18H2,1-2H3,(H,32,34). The summed E-state index contributed by atoms with van der Waals surface area (Å²) in [5, 5.41) is 7.02. The molecule has 1 N–H and O–H groups in total. The first-order valence-electron chi connectivity index (χ1n) is 11.8. The maximum Gasteiger partial charge on any atom is 0.268 e. The van der Waals surface area contributed by atoms with E-state index in [4.69, 9.17) is 9.72 Å². The van der Waals surface area contributed by atoms with E-state index in [1.54, 1.807) is 17.9 Å². The van der Waals surface area contributed by atoms with Crippen LogP contribution < -0.4 is 15.7 Å². The molecule has 5 rings (SSSR count). The van der Waals surface area contributed by atoms with Gasteiger partial charge in [-0.3, -0.25) is 14.2 Å². The van der Waals surface area contributed by atoms with Gasteiger partial charge in [-0.25, -0.2) is 10.4 Å². The average molecular weight is 541 g/mol. The Hall–Kier alpha value is -4.21. The van der Waals surface area contributed by atoms with Crippen LogP contribution in [0.2, 0.25) is 0 Å². The zero-order valence-electron chi connectivity index (χ0n) is 20.8. The molecule has 0 unspecified atom stereocenters. The van der Waals surface area contributed by atoms with Gasteiger partial charge in [-0.05, 0) is 54.4 Å². The highest BCUT2D eigenvalue weighted by atomic mass is 32.2. The minimum Gasteiger partial charge on any atom is -0.497 e. The van der Waals surface area contributed by atoms with Crippen LogP contribution in [0.1, 0.15) is 11.1 Å². The molecule has 0 fully saturated rings. The molecule has 2 heterocycles. The first kappa shape index (κ1) is 25.4. The minimum atomic E-state index is -0.305. The zero-order chi connectivity index (χ0) is 26.5. The van der Waals surface area contributed by atoms with Gasteiger partial charge >= 0.3 is 0 Å². The number of nitrogens with one attached hydrogen (secondary N) is 1. The number of fused-ring (bicyclic) bond motifs is 1. The van der Waals surface area contributed by atoms with Crippen LogP contribution in [0.3, 0.4) is 0 Å². The molecule has 9 heteroatoms. The highest BCUT2D eigenvalue weighted by Crippen LogP contribution is 2.33. The van der Waals surface area contributed by atoms with Gasteiger partial charge in [0.2, 0.25) is 0 Å². The summed E-state index contributed by atoms with van der Waals surface area (Å²) in [4.78, 5) is 31.9. The third-order valence-corrected chi connectivity index (χ3v) is 7.62. The predicted molar refractivity (Wildman–Crippen MR) is 155 cm³/mol. The number of benzene rings is 3. The molecule has 0 aliphatic heterocycles. The van der Waals surface area contributed by atoms with Gasteiger partial charge in [-0.15, -0.1) is 11.3 Å². The lowest BCUT2D eigenvalue weighted by atomic mass is 10.1. The summed E-state index contributed by atoms with van der Waals surface area (Å²) in [7, 11) is 1.60. The highest BCUT2D eigenvalue weighted by Gasteiger charge is 2.19. The number of hydrogen-bond donors (Lipinski definition) is 1. The van der Waals surface area contributed by atoms with Gasteiger partial charge in [0.15, 0.2) is 5.16 Å². The molecule has 5 aromatic rings. The van der Waals surface area contributed by atoms with Crippen LogP contribution in [0.25, 0.3) is 27.0 Å². The SMILES string of the molecule is COc1ccc(C=NNC(=O)CSc2nc3scc(-c4ccc(C)cc4)c3c(=O)n2-c2ccccc2)cc1. The predicted octanol–water partition coefficient (Wildman–Crippen LogP) is 5.67. The van der Waals surface area contributed by atoms with E-state index in [0.717, 1.165) is 28.0 Å². The van der Waals surface area contributed by atoms with Gasteiger partial charge < -0.3 is 4.74 Å². The van der Waals surface area contributed by atoms with Gasteiger partial charge in [0.05, 0.1) is 30.2 Å². The van der Waals surface area contributed by atoms with E-state index in [2.05, 4.69) is 10.5 Å². The number of methoxy groups -OCH3 is 1. The molecule has 3 aromatic carbocycles. The Morgan fingerprint density at radius 2 is 1.82 bits per heavy atom. The molecule has 190 valence electrons. The summed E-state index contributed by atoms with van der Waals surface area (Å²) in [6.45, 7) is 2.03. The molecule has 1 amide bonds. The quantitative estimate of drug-likeness (QED) is 0.119. The fourth-order valence-electron chi connectivity index (χ4n) is 3.85. The largest absolute Gasteiger partial charge is 0.497 e. The lowest BCUT2D eigenvalue weighted by Gasteiger charge is -2.12. The summed E-state index contributed by atoms with van der Waals surface area (Å²) >= 11 is 2.62. The summed E-state index contributed by atoms with van der Waals surface area (Å²) in [6, 6.07) is 24.8. The van der Waals surface area contributed by atoms with Crippen molar-refractivity contribution in [2.24, 2.45) is 5.10 Å². The monoisotopic (exact) mass is 540 g/mol. The number of para-hydroxylation sites is 1. The van der Waals surface area contributed by atoms with Crippen LogP contribution in [0.15, 0.2) is 99.3 Å². The number of amides is 1. The summed E-state index contributed by atoms with van der Waals surface area (Å²) in [5.41, 5.74) is 6.86. The Labute approximate surface area is 227 Å². The number of ether oxygens (including phenoxy) is 1. The Kier molecular flexibility index (Phi) is 7.67. The van der Waals surface area contributed by atoms with Crippen molar-refractivity contribution in [1.29, 1.82) is 0 Å². The topological polar surface area (TPSA) is 85.6 Å². The van der Waals surface area contributed by atoms with Gasteiger partial charge in [0.25, 0.3) is 11.5 Å². The summed E-state index contributed by atoms with van der Waals surface area (Å²) < 4.78 is 6.72. The average Bonchev–Trinajstić information content (AvgIpc) is 3.37. The van der Waals surface area contributed by atoms with Crippen molar-refractivity contribution >= 4 is 45.4 Å². The van der Waals surface area contributed by atoms with Crippen LogP contribution in [0.5, 0.6) is 5.75 Å². The zero-order valence-corrected chi connectivity index (χ0v) is 22.4. The molecule has 0 spiro atoms. The molecule has 0 atom stereocenters. The van der Waals surface area contributed by atoms with E-state index in [1.807, 2.05) is 91.2 Å². The number of rotatable bonds is 8. The normalized spacial score (nSPS) is 11.2. The number of nitrogens with zero attached hydrogens (tertiary/aromatic N) is 3. The van der Waals surface area contributed by atoms with E-state index in [-0.39, 0.29) is 17.2 Å². The number of thioether (sulfide) groups is 1. The molecule has 0 saturated heterocycles. The Morgan fingerprint density at radius 1 is 1.08 bits per heavy atom. The van der Waals surface area contributed by atoms with Crippen molar-refractivity contribution in [3.05, 3.63) is 106 Å². The fourth-order valence-corrected chi connectivity index (χ4v) is 5.64. The Morgan fingerprint density at radius 3 is 2.53 bits per heavy atom. The number of carbonyl (C=O) groups is 1. The smallest absolute Gasteiger partial charge is 0.268 e. The molecular weight excluding hydrogens is 516 g/mol. The van der Waals surface area contributed by atoms with Crippen LogP contribution in [-0.2, 0) is 4.79 Å². The molecule has 7 nitrogen and oxygen atoms in total. The second-order valence-corrected chi connectivity index (χ2v) is 10.2. The number of aromatic nitrogens is 2. The van der Waals surface area contributed by atoms with E-state index < -0.39 is 0 Å². The van der Waals surface area contributed by atoms with Gasteiger partial charge in [0.1, 0.15) is 10.6 Å². The number of carbonyl (C=O) groups excluding carboxylic acids is 1. The molecule has 0 saturated carbocycles. The Bertz CT molecular complexity index is 1660. The van der Waals surface area contributed by atoms with Crippen molar-refractivity contribution in [3.63, 3.8) is 0 Å². The second kappa shape index (κ2) is 11.5. The molecule has 0 radical (unpaired) electrons. The molecule has 2 aromatic heterocycles. The van der Waals surface area contributed by atoms with Crippen LogP contribution in [0, 0.1) is 6.92 Å². The van der Waals surface area contributed by atoms with E-state index in [1.165, 1.54) is 23.1 Å². The van der Waals surface area contributed by atoms with Crippen molar-refractivity contribution in [2.75, 3.05) is 12.9 Å². The third kappa shape index (κ3) is 5.53. The van der Waals surface area contributed by atoms with Crippen molar-refractivity contribution in [2.45, 2.75) is 12.1 Å². The second-order valence-electron chi connectivity index (χ2n) is 8.42. The number of hydrazone groups is 1. The first-order chi connectivity index (χ1) is 18.5. The van der Waals surface area contributed by atoms with E-state index in [0.29, 0.717) is 21.1 Å². The van der Waals surface area contributed by atoms with Crippen LogP contribution in [-0.4, -0.2) is 34.5 Å². The first-order valence-corrected chi connectivity index (χ1v) is 13.7. The van der Waals surface area contributed by atoms with Crippen molar-refractivity contribution < 1.29 is 9.53 Å². The maximum atomic E-state index is 13.9. The van der Waals surface area contributed by atoms with E-state index >= 15 is 0 Å². The lowest BCUT2D eigenvalue weighted by molar-refractivity contribution is -0.118. The number of aryl methyl sites for hydroxylation is 1. The molecule has 38 heavy (non-hydrogen) atoms. The van der Waals surface area contributed by atoms with Gasteiger partial charge in [-0.2, -0.15) is 5.10 Å².